The molecule has 0 aromatic heterocycles. The lowest BCUT2D eigenvalue weighted by atomic mass is 10.0. The molecule has 0 spiro atoms. The van der Waals surface area contributed by atoms with E-state index in [9.17, 15) is 4.79 Å². The first-order valence-electron chi connectivity index (χ1n) is 4.47. The third kappa shape index (κ3) is 3.33. The molecule has 0 bridgehead atoms. The number of nitrogens with zero attached hydrogens (tertiary/aromatic N) is 1. The maximum absolute atomic E-state index is 9.71. The van der Waals surface area contributed by atoms with Crippen LogP contribution in [0, 0.1) is 5.92 Å². The van der Waals surface area contributed by atoms with Crippen LogP contribution in [0.15, 0.2) is 4.99 Å². The van der Waals surface area contributed by atoms with Gasteiger partial charge in [0.15, 0.2) is 0 Å². The Morgan fingerprint density at radius 3 is 2.73 bits per heavy atom. The monoisotopic (exact) mass is 153 g/mol. The Kier molecular flexibility index (Phi) is 3.92. The van der Waals surface area contributed by atoms with Gasteiger partial charge in [-0.15, -0.1) is 0 Å². The van der Waals surface area contributed by atoms with Crippen molar-refractivity contribution in [2.24, 2.45) is 10.9 Å². The Labute approximate surface area is 67.7 Å². The fourth-order valence-corrected chi connectivity index (χ4v) is 1.80. The minimum atomic E-state index is 0.681. The molecule has 0 aliphatic heterocycles. The van der Waals surface area contributed by atoms with Gasteiger partial charge in [0, 0.05) is 0 Å². The van der Waals surface area contributed by atoms with Gasteiger partial charge in [-0.1, -0.05) is 25.7 Å². The van der Waals surface area contributed by atoms with E-state index in [1.807, 2.05) is 0 Å². The molecule has 0 unspecified atom stereocenters. The number of hydrogen-bond acceptors (Lipinski definition) is 2. The second-order valence-electron chi connectivity index (χ2n) is 3.27. The van der Waals surface area contributed by atoms with Crippen LogP contribution in [0.3, 0.4) is 0 Å². The molecule has 1 fully saturated rings. The SMILES string of the molecule is O=C=NCCCC1CCCC1. The fourth-order valence-electron chi connectivity index (χ4n) is 1.80. The van der Waals surface area contributed by atoms with Crippen molar-refractivity contribution >= 4 is 6.08 Å². The highest BCUT2D eigenvalue weighted by Gasteiger charge is 2.13. The predicted octanol–water partition coefficient (Wildman–Crippen LogP) is 2.29. The van der Waals surface area contributed by atoms with E-state index < -0.39 is 0 Å². The topological polar surface area (TPSA) is 29.4 Å². The van der Waals surface area contributed by atoms with Crippen molar-refractivity contribution < 1.29 is 4.79 Å². The minimum absolute atomic E-state index is 0.681. The first kappa shape index (κ1) is 8.48. The largest absolute Gasteiger partial charge is 0.234 e. The second kappa shape index (κ2) is 5.09. The van der Waals surface area contributed by atoms with E-state index in [-0.39, 0.29) is 0 Å². The number of hydrogen-bond donors (Lipinski definition) is 0. The Balaban J connectivity index is 1.97. The summed E-state index contributed by atoms with van der Waals surface area (Å²) < 4.78 is 0. The molecule has 0 amide bonds. The third-order valence-electron chi connectivity index (χ3n) is 2.42. The Hall–Kier alpha value is -0.620. The van der Waals surface area contributed by atoms with Crippen molar-refractivity contribution in [3.05, 3.63) is 0 Å². The van der Waals surface area contributed by atoms with Crippen LogP contribution in [-0.4, -0.2) is 12.6 Å². The van der Waals surface area contributed by atoms with Gasteiger partial charge in [-0.3, -0.25) is 0 Å². The summed E-state index contributed by atoms with van der Waals surface area (Å²) in [6.45, 7) is 0.681. The van der Waals surface area contributed by atoms with Crippen LogP contribution in [0.2, 0.25) is 0 Å². The van der Waals surface area contributed by atoms with Gasteiger partial charge in [0.2, 0.25) is 6.08 Å². The molecule has 2 nitrogen and oxygen atoms in total. The molecule has 0 aromatic carbocycles. The lowest BCUT2D eigenvalue weighted by molar-refractivity contribution is 0.487. The van der Waals surface area contributed by atoms with Crippen molar-refractivity contribution in [3.63, 3.8) is 0 Å². The maximum atomic E-state index is 9.71. The Bertz CT molecular complexity index is 144. The van der Waals surface area contributed by atoms with E-state index in [1.54, 1.807) is 6.08 Å². The van der Waals surface area contributed by atoms with Gasteiger partial charge >= 0.3 is 0 Å². The molecule has 0 radical (unpaired) electrons. The van der Waals surface area contributed by atoms with Gasteiger partial charge in [-0.05, 0) is 18.8 Å². The first-order chi connectivity index (χ1) is 5.43. The zero-order valence-electron chi connectivity index (χ0n) is 6.88. The molecule has 0 aromatic rings. The average molecular weight is 153 g/mol. The zero-order chi connectivity index (χ0) is 7.94. The van der Waals surface area contributed by atoms with Crippen molar-refractivity contribution in [3.8, 4) is 0 Å². The summed E-state index contributed by atoms with van der Waals surface area (Å²) in [6, 6.07) is 0. The lowest BCUT2D eigenvalue weighted by Crippen LogP contribution is -1.93. The standard InChI is InChI=1S/C9H15NO/c11-8-10-7-3-6-9-4-1-2-5-9/h9H,1-7H2. The zero-order valence-corrected chi connectivity index (χ0v) is 6.88. The molecule has 1 rings (SSSR count). The van der Waals surface area contributed by atoms with E-state index in [2.05, 4.69) is 4.99 Å². The molecule has 0 heterocycles. The normalized spacial score (nSPS) is 18.2. The molecule has 1 aliphatic rings. The lowest BCUT2D eigenvalue weighted by Gasteiger charge is -2.05. The highest BCUT2D eigenvalue weighted by atomic mass is 16.1. The Morgan fingerprint density at radius 1 is 1.36 bits per heavy atom. The first-order valence-corrected chi connectivity index (χ1v) is 4.47. The van der Waals surface area contributed by atoms with Crippen LogP contribution in [0.4, 0.5) is 0 Å². The summed E-state index contributed by atoms with van der Waals surface area (Å²) >= 11 is 0. The second-order valence-corrected chi connectivity index (χ2v) is 3.27. The summed E-state index contributed by atoms with van der Waals surface area (Å²) in [4.78, 5) is 13.2. The van der Waals surface area contributed by atoms with Gasteiger partial charge < -0.3 is 0 Å². The van der Waals surface area contributed by atoms with Crippen molar-refractivity contribution in [2.45, 2.75) is 38.5 Å². The highest BCUT2D eigenvalue weighted by molar-refractivity contribution is 5.32. The molecule has 1 saturated carbocycles. The highest BCUT2D eigenvalue weighted by Crippen LogP contribution is 2.28. The van der Waals surface area contributed by atoms with Crippen molar-refractivity contribution in [1.82, 2.24) is 0 Å². The number of rotatable bonds is 4. The summed E-state index contributed by atoms with van der Waals surface area (Å²) in [7, 11) is 0. The fraction of sp³-hybridized carbons (Fsp3) is 0.889. The summed E-state index contributed by atoms with van der Waals surface area (Å²) in [5, 5.41) is 0. The Morgan fingerprint density at radius 2 is 2.09 bits per heavy atom. The van der Waals surface area contributed by atoms with Gasteiger partial charge in [0.05, 0.1) is 6.54 Å². The van der Waals surface area contributed by atoms with Crippen LogP contribution >= 0.6 is 0 Å². The molecule has 0 saturated heterocycles. The number of isocyanates is 1. The van der Waals surface area contributed by atoms with Crippen LogP contribution in [0.25, 0.3) is 0 Å². The number of aliphatic imine (C=N–C) groups is 1. The van der Waals surface area contributed by atoms with Gasteiger partial charge in [0.1, 0.15) is 0 Å². The summed E-state index contributed by atoms with van der Waals surface area (Å²) in [5.74, 6) is 0.928. The molecule has 11 heavy (non-hydrogen) atoms. The van der Waals surface area contributed by atoms with E-state index in [0.29, 0.717) is 6.54 Å². The predicted molar refractivity (Wildman–Crippen MR) is 44.2 cm³/mol. The maximum Gasteiger partial charge on any atom is 0.234 e. The average Bonchev–Trinajstić information content (AvgIpc) is 2.50. The van der Waals surface area contributed by atoms with E-state index >= 15 is 0 Å². The van der Waals surface area contributed by atoms with Gasteiger partial charge in [-0.2, -0.15) is 0 Å². The van der Waals surface area contributed by atoms with Gasteiger partial charge in [-0.25, -0.2) is 9.79 Å². The molecule has 0 atom stereocenters. The molecule has 62 valence electrons. The summed E-state index contributed by atoms with van der Waals surface area (Å²) in [6.07, 6.45) is 9.49. The van der Waals surface area contributed by atoms with Crippen molar-refractivity contribution in [2.75, 3.05) is 6.54 Å². The van der Waals surface area contributed by atoms with Crippen molar-refractivity contribution in [1.29, 1.82) is 0 Å². The third-order valence-corrected chi connectivity index (χ3v) is 2.42. The quantitative estimate of drug-likeness (QED) is 0.346. The van der Waals surface area contributed by atoms with E-state index in [1.165, 1.54) is 32.1 Å². The molecule has 2 heteroatoms. The van der Waals surface area contributed by atoms with Crippen LogP contribution in [0.5, 0.6) is 0 Å². The van der Waals surface area contributed by atoms with Crippen LogP contribution < -0.4 is 0 Å². The molecular weight excluding hydrogens is 138 g/mol. The van der Waals surface area contributed by atoms with Gasteiger partial charge in [0.25, 0.3) is 0 Å². The summed E-state index contributed by atoms with van der Waals surface area (Å²) in [5.41, 5.74) is 0. The minimum Gasteiger partial charge on any atom is -0.211 e. The van der Waals surface area contributed by atoms with E-state index in [4.69, 9.17) is 0 Å². The van der Waals surface area contributed by atoms with Crippen LogP contribution in [-0.2, 0) is 4.79 Å². The van der Waals surface area contributed by atoms with E-state index in [0.717, 1.165) is 12.3 Å². The number of carbonyl (C=O) groups excluding carboxylic acids is 1. The van der Waals surface area contributed by atoms with Crippen LogP contribution in [0.1, 0.15) is 38.5 Å². The molecule has 1 aliphatic carbocycles. The molecular formula is C9H15NO. The molecule has 0 N–H and O–H groups in total. The smallest absolute Gasteiger partial charge is 0.211 e.